The first kappa shape index (κ1) is 19.7. The van der Waals surface area contributed by atoms with Crippen LogP contribution in [-0.2, 0) is 9.53 Å². The first-order valence-corrected chi connectivity index (χ1v) is 8.68. The van der Waals surface area contributed by atoms with Crippen LogP contribution in [0.15, 0.2) is 18.2 Å². The monoisotopic (exact) mass is 364 g/mol. The Labute approximate surface area is 152 Å². The van der Waals surface area contributed by atoms with Crippen molar-refractivity contribution in [3.63, 3.8) is 0 Å². The Bertz CT molecular complexity index is 680. The number of nitrogens with zero attached hydrogens (tertiary/aromatic N) is 2. The second-order valence-corrected chi connectivity index (χ2v) is 6.69. The van der Waals surface area contributed by atoms with Crippen LogP contribution in [0.5, 0.6) is 5.75 Å². The van der Waals surface area contributed by atoms with Gasteiger partial charge in [-0.1, -0.05) is 13.8 Å². The Morgan fingerprint density at radius 2 is 1.92 bits per heavy atom. The standard InChI is InChI=1S/C18H24N2O6/c1-4-25-16-6-5-14(8-15(16)20(23)24)18(22)26-11-17(21)19-9-12(2)7-13(3)10-19/h5-6,8,12-13H,4,7,9-11H2,1-3H3/t12-,13-/m0/s1. The lowest BCUT2D eigenvalue weighted by Gasteiger charge is -2.34. The molecule has 0 bridgehead atoms. The number of ether oxygens (including phenoxy) is 2. The number of benzene rings is 1. The largest absolute Gasteiger partial charge is 0.487 e. The number of nitro groups is 1. The second-order valence-electron chi connectivity index (χ2n) is 6.69. The molecule has 1 aliphatic heterocycles. The lowest BCUT2D eigenvalue weighted by atomic mass is 9.92. The van der Waals surface area contributed by atoms with E-state index in [-0.39, 0.29) is 36.1 Å². The number of likely N-dealkylation sites (tertiary alicyclic amines) is 1. The number of hydrogen-bond donors (Lipinski definition) is 0. The third kappa shape index (κ3) is 4.93. The average Bonchev–Trinajstić information content (AvgIpc) is 2.58. The molecule has 1 aromatic carbocycles. The van der Waals surface area contributed by atoms with Gasteiger partial charge in [0.15, 0.2) is 12.4 Å². The molecule has 2 rings (SSSR count). The third-order valence-electron chi connectivity index (χ3n) is 4.24. The molecule has 1 fully saturated rings. The maximum Gasteiger partial charge on any atom is 0.338 e. The molecule has 1 aliphatic rings. The van der Waals surface area contributed by atoms with Crippen LogP contribution in [0.25, 0.3) is 0 Å². The molecule has 0 radical (unpaired) electrons. The molecule has 0 aromatic heterocycles. The molecule has 1 saturated heterocycles. The van der Waals surface area contributed by atoms with Crippen LogP contribution in [-0.4, -0.2) is 48.0 Å². The zero-order valence-corrected chi connectivity index (χ0v) is 15.3. The van der Waals surface area contributed by atoms with Crippen molar-refractivity contribution in [1.82, 2.24) is 4.90 Å². The molecule has 8 heteroatoms. The normalized spacial score (nSPS) is 19.7. The van der Waals surface area contributed by atoms with Crippen LogP contribution in [0.1, 0.15) is 37.6 Å². The number of rotatable bonds is 6. The van der Waals surface area contributed by atoms with Crippen LogP contribution < -0.4 is 4.74 Å². The molecule has 0 unspecified atom stereocenters. The summed E-state index contributed by atoms with van der Waals surface area (Å²) in [6, 6.07) is 3.84. The predicted molar refractivity (Wildman–Crippen MR) is 94.1 cm³/mol. The highest BCUT2D eigenvalue weighted by Gasteiger charge is 2.26. The highest BCUT2D eigenvalue weighted by molar-refractivity contribution is 5.92. The summed E-state index contributed by atoms with van der Waals surface area (Å²) in [6.07, 6.45) is 1.07. The van der Waals surface area contributed by atoms with E-state index in [1.165, 1.54) is 12.1 Å². The van der Waals surface area contributed by atoms with Crippen LogP contribution in [0, 0.1) is 22.0 Å². The number of nitro benzene ring substituents is 1. The topological polar surface area (TPSA) is 99.0 Å². The van der Waals surface area contributed by atoms with Crippen molar-refractivity contribution in [1.29, 1.82) is 0 Å². The van der Waals surface area contributed by atoms with Gasteiger partial charge in [0, 0.05) is 19.2 Å². The van der Waals surface area contributed by atoms with Gasteiger partial charge in [-0.25, -0.2) is 4.79 Å². The van der Waals surface area contributed by atoms with Gasteiger partial charge < -0.3 is 14.4 Å². The first-order chi connectivity index (χ1) is 12.3. The van der Waals surface area contributed by atoms with Crippen molar-refractivity contribution in [2.24, 2.45) is 11.8 Å². The Kier molecular flexibility index (Phi) is 6.54. The fraction of sp³-hybridized carbons (Fsp3) is 0.556. The summed E-state index contributed by atoms with van der Waals surface area (Å²) in [5.74, 6) is -0.125. The van der Waals surface area contributed by atoms with E-state index in [1.807, 2.05) is 0 Å². The molecule has 1 aromatic rings. The van der Waals surface area contributed by atoms with Gasteiger partial charge in [-0.2, -0.15) is 0 Å². The van der Waals surface area contributed by atoms with E-state index in [9.17, 15) is 19.7 Å². The average molecular weight is 364 g/mol. The van der Waals surface area contributed by atoms with Gasteiger partial charge in [-0.3, -0.25) is 14.9 Å². The smallest absolute Gasteiger partial charge is 0.338 e. The number of hydrogen-bond acceptors (Lipinski definition) is 6. The van der Waals surface area contributed by atoms with Crippen molar-refractivity contribution in [3.05, 3.63) is 33.9 Å². The van der Waals surface area contributed by atoms with E-state index in [0.29, 0.717) is 24.9 Å². The van der Waals surface area contributed by atoms with E-state index in [0.717, 1.165) is 12.5 Å². The van der Waals surface area contributed by atoms with Crippen molar-refractivity contribution >= 4 is 17.6 Å². The number of carbonyl (C=O) groups is 2. The fourth-order valence-electron chi connectivity index (χ4n) is 3.23. The SMILES string of the molecule is CCOc1ccc(C(=O)OCC(=O)N2C[C@@H](C)C[C@H](C)C2)cc1[N+](=O)[O-]. The maximum absolute atomic E-state index is 12.3. The van der Waals surface area contributed by atoms with Gasteiger partial charge in [-0.15, -0.1) is 0 Å². The maximum atomic E-state index is 12.3. The molecule has 0 spiro atoms. The predicted octanol–water partition coefficient (Wildman–Crippen LogP) is 2.65. The number of esters is 1. The molecular weight excluding hydrogens is 340 g/mol. The Hall–Kier alpha value is -2.64. The number of amides is 1. The van der Waals surface area contributed by atoms with Crippen LogP contribution >= 0.6 is 0 Å². The highest BCUT2D eigenvalue weighted by atomic mass is 16.6. The van der Waals surface area contributed by atoms with Gasteiger partial charge in [0.05, 0.1) is 17.1 Å². The second kappa shape index (κ2) is 8.64. The molecule has 0 aliphatic carbocycles. The summed E-state index contributed by atoms with van der Waals surface area (Å²) in [7, 11) is 0. The first-order valence-electron chi connectivity index (χ1n) is 8.68. The van der Waals surface area contributed by atoms with Crippen LogP contribution in [0.4, 0.5) is 5.69 Å². The minimum atomic E-state index is -0.775. The van der Waals surface area contributed by atoms with Gasteiger partial charge >= 0.3 is 11.7 Å². The third-order valence-corrected chi connectivity index (χ3v) is 4.24. The molecule has 26 heavy (non-hydrogen) atoms. The van der Waals surface area contributed by atoms with Gasteiger partial charge in [-0.05, 0) is 37.3 Å². The lowest BCUT2D eigenvalue weighted by molar-refractivity contribution is -0.385. The van der Waals surface area contributed by atoms with Crippen molar-refractivity contribution in [3.8, 4) is 5.75 Å². The van der Waals surface area contributed by atoms with Crippen molar-refractivity contribution < 1.29 is 24.0 Å². The quantitative estimate of drug-likeness (QED) is 0.437. The lowest BCUT2D eigenvalue weighted by Crippen LogP contribution is -2.44. The minimum Gasteiger partial charge on any atom is -0.487 e. The van der Waals surface area contributed by atoms with Crippen LogP contribution in [0.3, 0.4) is 0 Å². The summed E-state index contributed by atoms with van der Waals surface area (Å²) in [5, 5.41) is 11.1. The van der Waals surface area contributed by atoms with E-state index >= 15 is 0 Å². The van der Waals surface area contributed by atoms with Gasteiger partial charge in [0.1, 0.15) is 0 Å². The molecule has 0 saturated carbocycles. The van der Waals surface area contributed by atoms with Gasteiger partial charge in [0.25, 0.3) is 5.91 Å². The van der Waals surface area contributed by atoms with Crippen LogP contribution in [0.2, 0.25) is 0 Å². The summed E-state index contributed by atoms with van der Waals surface area (Å²) in [4.78, 5) is 36.6. The summed E-state index contributed by atoms with van der Waals surface area (Å²) < 4.78 is 10.2. The Morgan fingerprint density at radius 1 is 1.27 bits per heavy atom. The molecule has 1 heterocycles. The van der Waals surface area contributed by atoms with E-state index in [1.54, 1.807) is 11.8 Å². The molecule has 2 atom stereocenters. The van der Waals surface area contributed by atoms with Crippen molar-refractivity contribution in [2.75, 3.05) is 26.3 Å². The fourth-order valence-corrected chi connectivity index (χ4v) is 3.23. The molecular formula is C18H24N2O6. The Morgan fingerprint density at radius 3 is 2.50 bits per heavy atom. The van der Waals surface area contributed by atoms with Crippen molar-refractivity contribution in [2.45, 2.75) is 27.2 Å². The molecule has 0 N–H and O–H groups in total. The van der Waals surface area contributed by atoms with Gasteiger partial charge in [0.2, 0.25) is 0 Å². The van der Waals surface area contributed by atoms with E-state index < -0.39 is 10.9 Å². The summed E-state index contributed by atoms with van der Waals surface area (Å²) in [5.41, 5.74) is -0.306. The van der Waals surface area contributed by atoms with E-state index in [4.69, 9.17) is 9.47 Å². The number of carbonyl (C=O) groups excluding carboxylic acids is 2. The summed E-state index contributed by atoms with van der Waals surface area (Å²) in [6.45, 7) is 7.07. The molecule has 142 valence electrons. The molecule has 1 amide bonds. The van der Waals surface area contributed by atoms with E-state index in [2.05, 4.69) is 13.8 Å². The minimum absolute atomic E-state index is 0.00772. The number of piperidine rings is 1. The Balaban J connectivity index is 2.00. The zero-order valence-electron chi connectivity index (χ0n) is 15.3. The zero-order chi connectivity index (χ0) is 19.3. The highest BCUT2D eigenvalue weighted by Crippen LogP contribution is 2.28. The molecule has 8 nitrogen and oxygen atoms in total. The summed E-state index contributed by atoms with van der Waals surface area (Å²) >= 11 is 0.